The topological polar surface area (TPSA) is 65.7 Å². The third kappa shape index (κ3) is 3.51. The molecule has 0 N–H and O–H groups in total. The molecule has 0 saturated heterocycles. The van der Waals surface area contributed by atoms with Gasteiger partial charge < -0.3 is 14.0 Å². The van der Waals surface area contributed by atoms with Crippen LogP contribution in [0.25, 0.3) is 20.4 Å². The number of nitrogens with zero attached hydrogens (tertiary/aromatic N) is 3. The lowest BCUT2D eigenvalue weighted by Crippen LogP contribution is -2.19. The minimum Gasteiger partial charge on any atom is -0.497 e. The van der Waals surface area contributed by atoms with E-state index in [4.69, 9.17) is 9.47 Å². The number of carbonyl (C=O) groups is 1. The zero-order valence-corrected chi connectivity index (χ0v) is 16.5. The van der Waals surface area contributed by atoms with Crippen molar-refractivity contribution in [3.8, 4) is 5.75 Å². The number of benzene rings is 2. The predicted octanol–water partition coefficient (Wildman–Crippen LogP) is 3.71. The van der Waals surface area contributed by atoms with Gasteiger partial charge in [-0.2, -0.15) is 4.99 Å². The molecule has 0 radical (unpaired) electrons. The maximum absolute atomic E-state index is 12.8. The number of hydrogen-bond donors (Lipinski definition) is 0. The molecule has 8 heteroatoms. The predicted molar refractivity (Wildman–Crippen MR) is 108 cm³/mol. The van der Waals surface area contributed by atoms with Gasteiger partial charge in [-0.05, 0) is 36.4 Å². The Morgan fingerprint density at radius 3 is 2.89 bits per heavy atom. The van der Waals surface area contributed by atoms with Gasteiger partial charge in [-0.1, -0.05) is 11.3 Å². The molecule has 0 aliphatic heterocycles. The second-order valence-corrected chi connectivity index (χ2v) is 7.71. The molecule has 0 fully saturated rings. The van der Waals surface area contributed by atoms with Crippen molar-refractivity contribution in [2.45, 2.75) is 6.54 Å². The SMILES string of the molecule is COCCn1c(=NC(=O)c2ccc3ncsc3c2)sc2cc(OC)ccc21. The molecule has 1 amide bonds. The minimum atomic E-state index is -0.269. The number of fused-ring (bicyclic) bond motifs is 2. The van der Waals surface area contributed by atoms with Gasteiger partial charge in [-0.3, -0.25) is 4.79 Å². The number of thiazole rings is 2. The van der Waals surface area contributed by atoms with Crippen LogP contribution in [-0.2, 0) is 11.3 Å². The first kappa shape index (κ1) is 17.8. The number of rotatable bonds is 5. The van der Waals surface area contributed by atoms with Crippen LogP contribution in [0, 0.1) is 0 Å². The van der Waals surface area contributed by atoms with E-state index in [1.54, 1.807) is 25.8 Å². The van der Waals surface area contributed by atoms with E-state index in [0.29, 0.717) is 23.5 Å². The maximum atomic E-state index is 12.8. The lowest BCUT2D eigenvalue weighted by molar-refractivity contribution is 0.0997. The van der Waals surface area contributed by atoms with Crippen molar-refractivity contribution in [3.05, 3.63) is 52.3 Å². The highest BCUT2D eigenvalue weighted by atomic mass is 32.1. The van der Waals surface area contributed by atoms with Gasteiger partial charge in [-0.25, -0.2) is 4.98 Å². The van der Waals surface area contributed by atoms with Gasteiger partial charge in [-0.15, -0.1) is 11.3 Å². The Morgan fingerprint density at radius 1 is 1.19 bits per heavy atom. The molecule has 0 spiro atoms. The van der Waals surface area contributed by atoms with Crippen LogP contribution in [0.2, 0.25) is 0 Å². The Morgan fingerprint density at radius 2 is 2.07 bits per heavy atom. The highest BCUT2D eigenvalue weighted by molar-refractivity contribution is 7.17. The molecule has 0 aliphatic rings. The first-order valence-corrected chi connectivity index (χ1v) is 9.98. The van der Waals surface area contributed by atoms with Gasteiger partial charge in [0.25, 0.3) is 5.91 Å². The molecule has 0 bridgehead atoms. The summed E-state index contributed by atoms with van der Waals surface area (Å²) in [5, 5.41) is 0. The summed E-state index contributed by atoms with van der Waals surface area (Å²) in [5.41, 5.74) is 4.22. The fourth-order valence-electron chi connectivity index (χ4n) is 2.80. The van der Waals surface area contributed by atoms with Crippen LogP contribution in [0.3, 0.4) is 0 Å². The van der Waals surface area contributed by atoms with E-state index in [2.05, 4.69) is 9.98 Å². The van der Waals surface area contributed by atoms with E-state index < -0.39 is 0 Å². The number of hydrogen-bond acceptors (Lipinski definition) is 6. The third-order valence-electron chi connectivity index (χ3n) is 4.18. The van der Waals surface area contributed by atoms with Gasteiger partial charge >= 0.3 is 0 Å². The number of methoxy groups -OCH3 is 2. The number of amides is 1. The summed E-state index contributed by atoms with van der Waals surface area (Å²) in [7, 11) is 3.29. The first-order valence-electron chi connectivity index (χ1n) is 8.28. The summed E-state index contributed by atoms with van der Waals surface area (Å²) in [6, 6.07) is 11.3. The Balaban J connectivity index is 1.81. The third-order valence-corrected chi connectivity index (χ3v) is 6.02. The van der Waals surface area contributed by atoms with Gasteiger partial charge in [0.2, 0.25) is 0 Å². The molecule has 4 aromatic rings. The van der Waals surface area contributed by atoms with E-state index in [1.807, 2.05) is 34.9 Å². The Hall–Kier alpha value is -2.55. The van der Waals surface area contributed by atoms with Crippen LogP contribution < -0.4 is 9.54 Å². The molecule has 0 aliphatic carbocycles. The lowest BCUT2D eigenvalue weighted by Gasteiger charge is -2.05. The molecule has 2 aromatic heterocycles. The Bertz CT molecular complexity index is 1190. The summed E-state index contributed by atoms with van der Waals surface area (Å²) in [6.45, 7) is 1.15. The van der Waals surface area contributed by atoms with E-state index in [0.717, 1.165) is 26.2 Å². The van der Waals surface area contributed by atoms with E-state index in [9.17, 15) is 4.79 Å². The highest BCUT2D eigenvalue weighted by Gasteiger charge is 2.11. The molecule has 2 heterocycles. The Kier molecular flexibility index (Phi) is 5.02. The van der Waals surface area contributed by atoms with Crippen molar-refractivity contribution in [2.75, 3.05) is 20.8 Å². The molecule has 0 atom stereocenters. The molecule has 6 nitrogen and oxygen atoms in total. The van der Waals surface area contributed by atoms with Crippen molar-refractivity contribution in [1.82, 2.24) is 9.55 Å². The van der Waals surface area contributed by atoms with Crippen molar-refractivity contribution < 1.29 is 14.3 Å². The quantitative estimate of drug-likeness (QED) is 0.513. The Labute approximate surface area is 163 Å². The molecule has 138 valence electrons. The van der Waals surface area contributed by atoms with Crippen molar-refractivity contribution >= 4 is 49.0 Å². The van der Waals surface area contributed by atoms with E-state index >= 15 is 0 Å². The zero-order chi connectivity index (χ0) is 18.8. The average molecular weight is 399 g/mol. The molecule has 2 aromatic carbocycles. The van der Waals surface area contributed by atoms with Gasteiger partial charge in [0, 0.05) is 19.2 Å². The lowest BCUT2D eigenvalue weighted by atomic mass is 10.2. The van der Waals surface area contributed by atoms with Crippen LogP contribution >= 0.6 is 22.7 Å². The average Bonchev–Trinajstić information content (AvgIpc) is 3.29. The summed E-state index contributed by atoms with van der Waals surface area (Å²) >= 11 is 2.97. The summed E-state index contributed by atoms with van der Waals surface area (Å²) in [4.78, 5) is 22.0. The van der Waals surface area contributed by atoms with Crippen LogP contribution in [0.1, 0.15) is 10.4 Å². The summed E-state index contributed by atoms with van der Waals surface area (Å²) in [6.07, 6.45) is 0. The fourth-order valence-corrected chi connectivity index (χ4v) is 4.60. The number of ether oxygens (including phenoxy) is 2. The van der Waals surface area contributed by atoms with Crippen LogP contribution in [0.15, 0.2) is 46.9 Å². The van der Waals surface area contributed by atoms with Gasteiger partial charge in [0.05, 0.1) is 39.7 Å². The molecule has 0 unspecified atom stereocenters. The minimum absolute atomic E-state index is 0.269. The monoisotopic (exact) mass is 399 g/mol. The van der Waals surface area contributed by atoms with Crippen LogP contribution in [0.4, 0.5) is 0 Å². The number of carbonyl (C=O) groups excluding carboxylic acids is 1. The second-order valence-electron chi connectivity index (χ2n) is 5.81. The van der Waals surface area contributed by atoms with E-state index in [-0.39, 0.29) is 5.91 Å². The molecular formula is C19H17N3O3S2. The van der Waals surface area contributed by atoms with Gasteiger partial charge in [0.15, 0.2) is 4.80 Å². The molecule has 0 saturated carbocycles. The smallest absolute Gasteiger partial charge is 0.279 e. The molecule has 27 heavy (non-hydrogen) atoms. The van der Waals surface area contributed by atoms with Gasteiger partial charge in [0.1, 0.15) is 5.75 Å². The normalized spacial score (nSPS) is 12.1. The van der Waals surface area contributed by atoms with Crippen molar-refractivity contribution in [2.24, 2.45) is 4.99 Å². The van der Waals surface area contributed by atoms with Crippen LogP contribution in [0.5, 0.6) is 5.75 Å². The number of aromatic nitrogens is 2. The molecule has 4 rings (SSSR count). The van der Waals surface area contributed by atoms with Crippen LogP contribution in [-0.4, -0.2) is 36.3 Å². The molecular weight excluding hydrogens is 382 g/mol. The summed E-state index contributed by atoms with van der Waals surface area (Å²) in [5.74, 6) is 0.506. The van der Waals surface area contributed by atoms with Crippen molar-refractivity contribution in [1.29, 1.82) is 0 Å². The second kappa shape index (κ2) is 7.59. The zero-order valence-electron chi connectivity index (χ0n) is 14.8. The largest absolute Gasteiger partial charge is 0.497 e. The van der Waals surface area contributed by atoms with E-state index in [1.165, 1.54) is 22.7 Å². The maximum Gasteiger partial charge on any atom is 0.279 e. The first-order chi connectivity index (χ1) is 13.2. The highest BCUT2D eigenvalue weighted by Crippen LogP contribution is 2.23. The standard InChI is InChI=1S/C19H17N3O3S2/c1-24-8-7-22-15-6-4-13(25-2)10-17(15)27-19(22)21-18(23)12-3-5-14-16(9-12)26-11-20-14/h3-6,9-11H,7-8H2,1-2H3. The fraction of sp³-hybridized carbons (Fsp3) is 0.211. The summed E-state index contributed by atoms with van der Waals surface area (Å²) < 4.78 is 14.5. The van der Waals surface area contributed by atoms with Crippen molar-refractivity contribution in [3.63, 3.8) is 0 Å².